The monoisotopic (exact) mass is 348 g/mol. The molecule has 0 bridgehead atoms. The molecule has 0 aromatic heterocycles. The molecule has 6 heteroatoms. The minimum atomic E-state index is -0.534. The molecule has 4 nitrogen and oxygen atoms in total. The fourth-order valence-corrected chi connectivity index (χ4v) is 3.16. The Morgan fingerprint density at radius 3 is 2.62 bits per heavy atom. The summed E-state index contributed by atoms with van der Waals surface area (Å²) in [5, 5.41) is 19.8. The molecular weight excluding hydrogens is 335 g/mol. The van der Waals surface area contributed by atoms with Crippen LogP contribution in [0.2, 0.25) is 5.02 Å². The van der Waals surface area contributed by atoms with Crippen LogP contribution in [-0.4, -0.2) is 23.1 Å². The van der Waals surface area contributed by atoms with Gasteiger partial charge in [-0.15, -0.1) is 0 Å². The Morgan fingerprint density at radius 2 is 2.00 bits per heavy atom. The van der Waals surface area contributed by atoms with Crippen LogP contribution in [0.25, 0.3) is 6.08 Å². The first kappa shape index (κ1) is 16.3. The molecule has 24 heavy (non-hydrogen) atoms. The van der Waals surface area contributed by atoms with Crippen LogP contribution in [0.4, 0.5) is 4.39 Å². The molecule has 0 saturated heterocycles. The van der Waals surface area contributed by atoms with Crippen molar-refractivity contribution in [3.05, 3.63) is 57.4 Å². The van der Waals surface area contributed by atoms with Crippen molar-refractivity contribution in [2.24, 2.45) is 0 Å². The summed E-state index contributed by atoms with van der Waals surface area (Å²) in [6.07, 6.45) is 1.56. The van der Waals surface area contributed by atoms with Crippen LogP contribution in [-0.2, 0) is 0 Å². The number of carbonyl (C=O) groups is 1. The average molecular weight is 349 g/mol. The van der Waals surface area contributed by atoms with Gasteiger partial charge in [0.1, 0.15) is 11.6 Å². The van der Waals surface area contributed by atoms with Crippen LogP contribution >= 0.6 is 11.6 Å². The predicted molar refractivity (Wildman–Crippen MR) is 88.5 cm³/mol. The van der Waals surface area contributed by atoms with Crippen molar-refractivity contribution in [1.82, 2.24) is 0 Å². The summed E-state index contributed by atoms with van der Waals surface area (Å²) in [7, 11) is 1.38. The number of carbonyl (C=O) groups excluding carboxylic acids is 1. The van der Waals surface area contributed by atoms with E-state index >= 15 is 0 Å². The van der Waals surface area contributed by atoms with Crippen molar-refractivity contribution >= 4 is 23.5 Å². The third kappa shape index (κ3) is 2.41. The van der Waals surface area contributed by atoms with E-state index in [1.165, 1.54) is 25.3 Å². The van der Waals surface area contributed by atoms with Crippen LogP contribution in [0.3, 0.4) is 0 Å². The van der Waals surface area contributed by atoms with Gasteiger partial charge in [0.25, 0.3) is 0 Å². The molecule has 1 aliphatic rings. The standard InChI is InChI=1S/C18H14ClFO4/c1-8-10(5-9-6-11(19)18(23)14(7-9)24-2)17(22)16-13(21)4-3-12(20)15(8)16/h3-8,21,23H,1-2H3/b10-5-/t8-/m0/s1. The van der Waals surface area contributed by atoms with Gasteiger partial charge < -0.3 is 14.9 Å². The number of ketones is 1. The lowest BCUT2D eigenvalue weighted by Crippen LogP contribution is -1.98. The van der Waals surface area contributed by atoms with Gasteiger partial charge in [0.2, 0.25) is 0 Å². The van der Waals surface area contributed by atoms with Gasteiger partial charge in [-0.25, -0.2) is 4.39 Å². The summed E-state index contributed by atoms with van der Waals surface area (Å²) in [5.41, 5.74) is 1.03. The number of benzene rings is 2. The minimum absolute atomic E-state index is 0.00871. The Kier molecular flexibility index (Phi) is 3.97. The number of Topliss-reactive ketones (excluding diaryl/α,β-unsaturated/α-hetero) is 1. The Morgan fingerprint density at radius 1 is 1.29 bits per heavy atom. The van der Waals surface area contributed by atoms with E-state index in [0.29, 0.717) is 11.1 Å². The molecule has 0 fully saturated rings. The Labute approximate surface area is 142 Å². The topological polar surface area (TPSA) is 66.8 Å². The minimum Gasteiger partial charge on any atom is -0.507 e. The zero-order valence-corrected chi connectivity index (χ0v) is 13.7. The molecule has 0 amide bonds. The SMILES string of the molecule is COc1cc(/C=C2\C(=O)c3c(O)ccc(F)c3[C@H]2C)cc(Cl)c1O. The summed E-state index contributed by atoms with van der Waals surface area (Å²) in [4.78, 5) is 12.6. The number of halogens is 2. The first-order chi connectivity index (χ1) is 11.3. The van der Waals surface area contributed by atoms with Crippen molar-refractivity contribution < 1.29 is 24.1 Å². The number of hydrogen-bond donors (Lipinski definition) is 2. The quantitative estimate of drug-likeness (QED) is 0.795. The molecule has 0 spiro atoms. The van der Waals surface area contributed by atoms with Crippen molar-refractivity contribution in [2.75, 3.05) is 7.11 Å². The molecule has 0 saturated carbocycles. The van der Waals surface area contributed by atoms with Crippen LogP contribution in [0, 0.1) is 5.82 Å². The van der Waals surface area contributed by atoms with Crippen LogP contribution < -0.4 is 4.74 Å². The van der Waals surface area contributed by atoms with Gasteiger partial charge in [-0.2, -0.15) is 0 Å². The fraction of sp³-hybridized carbons (Fsp3) is 0.167. The molecule has 0 radical (unpaired) electrons. The van der Waals surface area contributed by atoms with E-state index < -0.39 is 17.5 Å². The largest absolute Gasteiger partial charge is 0.507 e. The van der Waals surface area contributed by atoms with Crippen molar-refractivity contribution in [1.29, 1.82) is 0 Å². The summed E-state index contributed by atoms with van der Waals surface area (Å²) in [6, 6.07) is 5.31. The fourth-order valence-electron chi connectivity index (χ4n) is 2.94. The zero-order valence-electron chi connectivity index (χ0n) is 12.9. The van der Waals surface area contributed by atoms with Crippen molar-refractivity contribution in [3.63, 3.8) is 0 Å². The molecule has 0 heterocycles. The van der Waals surface area contributed by atoms with Gasteiger partial charge in [-0.05, 0) is 35.9 Å². The maximum absolute atomic E-state index is 14.1. The highest BCUT2D eigenvalue weighted by molar-refractivity contribution is 6.32. The number of aromatic hydroxyl groups is 2. The number of phenolic OH excluding ortho intramolecular Hbond substituents is 2. The van der Waals surface area contributed by atoms with E-state index in [9.17, 15) is 19.4 Å². The number of allylic oxidation sites excluding steroid dienone is 1. The average Bonchev–Trinajstić information content (AvgIpc) is 2.80. The Bertz CT molecular complexity index is 889. The first-order valence-corrected chi connectivity index (χ1v) is 7.57. The number of rotatable bonds is 2. The maximum atomic E-state index is 14.1. The van der Waals surface area contributed by atoms with Gasteiger partial charge >= 0.3 is 0 Å². The molecular formula is C18H14ClFO4. The van der Waals surface area contributed by atoms with E-state index in [1.54, 1.807) is 13.0 Å². The molecule has 0 aliphatic heterocycles. The smallest absolute Gasteiger partial charge is 0.193 e. The lowest BCUT2D eigenvalue weighted by molar-refractivity contribution is 0.103. The highest BCUT2D eigenvalue weighted by Gasteiger charge is 2.36. The molecule has 3 rings (SSSR count). The van der Waals surface area contributed by atoms with Gasteiger partial charge in [0, 0.05) is 17.1 Å². The lowest BCUT2D eigenvalue weighted by Gasteiger charge is -2.09. The first-order valence-electron chi connectivity index (χ1n) is 7.19. The van der Waals surface area contributed by atoms with Crippen molar-refractivity contribution in [2.45, 2.75) is 12.8 Å². The van der Waals surface area contributed by atoms with Gasteiger partial charge in [0.05, 0.1) is 17.7 Å². The molecule has 2 N–H and O–H groups in total. The van der Waals surface area contributed by atoms with Crippen LogP contribution in [0.1, 0.15) is 34.3 Å². The van der Waals surface area contributed by atoms with Crippen LogP contribution in [0.15, 0.2) is 29.8 Å². The van der Waals surface area contributed by atoms with E-state index in [0.717, 1.165) is 6.07 Å². The second-order valence-electron chi connectivity index (χ2n) is 5.56. The molecule has 2 aromatic rings. The van der Waals surface area contributed by atoms with E-state index in [2.05, 4.69) is 0 Å². The summed E-state index contributed by atoms with van der Waals surface area (Å²) < 4.78 is 19.1. The summed E-state index contributed by atoms with van der Waals surface area (Å²) in [5.74, 6) is -1.75. The van der Waals surface area contributed by atoms with Gasteiger partial charge in [-0.3, -0.25) is 4.79 Å². The zero-order chi connectivity index (χ0) is 17.6. The molecule has 2 aromatic carbocycles. The second-order valence-corrected chi connectivity index (χ2v) is 5.97. The molecule has 124 valence electrons. The normalized spacial score (nSPS) is 18.1. The highest BCUT2D eigenvalue weighted by atomic mass is 35.5. The van der Waals surface area contributed by atoms with E-state index in [1.807, 2.05) is 0 Å². The summed E-state index contributed by atoms with van der Waals surface area (Å²) >= 11 is 5.95. The van der Waals surface area contributed by atoms with Crippen LogP contribution in [0.5, 0.6) is 17.2 Å². The van der Waals surface area contributed by atoms with E-state index in [4.69, 9.17) is 16.3 Å². The number of methoxy groups -OCH3 is 1. The maximum Gasteiger partial charge on any atom is 0.193 e. The number of phenols is 2. The number of hydrogen-bond acceptors (Lipinski definition) is 4. The molecule has 1 aliphatic carbocycles. The number of ether oxygens (including phenoxy) is 1. The van der Waals surface area contributed by atoms with Gasteiger partial charge in [0.15, 0.2) is 17.3 Å². The molecule has 0 unspecified atom stereocenters. The van der Waals surface area contributed by atoms with E-state index in [-0.39, 0.29) is 33.4 Å². The molecule has 1 atom stereocenters. The Hall–Kier alpha value is -2.53. The summed E-state index contributed by atoms with van der Waals surface area (Å²) in [6.45, 7) is 1.69. The highest BCUT2D eigenvalue weighted by Crippen LogP contribution is 2.44. The second kappa shape index (κ2) is 5.83. The van der Waals surface area contributed by atoms with Crippen molar-refractivity contribution in [3.8, 4) is 17.2 Å². The third-order valence-corrected chi connectivity index (χ3v) is 4.44. The predicted octanol–water partition coefficient (Wildman–Crippen LogP) is 4.28. The van der Waals surface area contributed by atoms with Gasteiger partial charge in [-0.1, -0.05) is 18.5 Å². The number of fused-ring (bicyclic) bond motifs is 1. The Balaban J connectivity index is 2.14. The third-order valence-electron chi connectivity index (χ3n) is 4.15. The lowest BCUT2D eigenvalue weighted by atomic mass is 9.97.